The van der Waals surface area contributed by atoms with E-state index in [9.17, 15) is 4.79 Å². The van der Waals surface area contributed by atoms with Gasteiger partial charge in [-0.1, -0.05) is 13.8 Å². The number of carbonyl (C=O) groups excluding carboxylic acids is 1. The van der Waals surface area contributed by atoms with Gasteiger partial charge in [-0.3, -0.25) is 0 Å². The second-order valence-electron chi connectivity index (χ2n) is 3.99. The van der Waals surface area contributed by atoms with E-state index in [1.807, 2.05) is 13.8 Å². The number of hydrogen-bond acceptors (Lipinski definition) is 4. The van der Waals surface area contributed by atoms with Crippen LogP contribution in [0.5, 0.6) is 0 Å². The van der Waals surface area contributed by atoms with Gasteiger partial charge in [0.25, 0.3) is 0 Å². The fourth-order valence-electron chi connectivity index (χ4n) is 1.37. The van der Waals surface area contributed by atoms with Crippen LogP contribution in [0.2, 0.25) is 0 Å². The summed E-state index contributed by atoms with van der Waals surface area (Å²) in [7, 11) is 0. The number of amides is 1. The molecule has 1 atom stereocenters. The van der Waals surface area contributed by atoms with Crippen LogP contribution in [-0.4, -0.2) is 37.5 Å². The van der Waals surface area contributed by atoms with E-state index in [-0.39, 0.29) is 17.7 Å². The maximum Gasteiger partial charge on any atom is 0.407 e. The molecule has 1 saturated heterocycles. The van der Waals surface area contributed by atoms with Crippen molar-refractivity contribution < 1.29 is 14.3 Å². The summed E-state index contributed by atoms with van der Waals surface area (Å²) in [4.78, 5) is 10.7. The van der Waals surface area contributed by atoms with Gasteiger partial charge in [-0.15, -0.1) is 0 Å². The first kappa shape index (κ1) is 12.3. The Morgan fingerprint density at radius 1 is 1.60 bits per heavy atom. The molecule has 1 amide bonds. The number of alkyl carbamates (subject to hydrolysis) is 1. The van der Waals surface area contributed by atoms with E-state index >= 15 is 0 Å². The van der Waals surface area contributed by atoms with E-state index in [0.29, 0.717) is 19.8 Å². The SMILES string of the molecule is CCC(N)(CC)COCC1CNC(=O)O1. The number of rotatable bonds is 6. The zero-order chi connectivity index (χ0) is 11.3. The van der Waals surface area contributed by atoms with Crippen LogP contribution in [0.25, 0.3) is 0 Å². The number of nitrogens with one attached hydrogen (secondary N) is 1. The van der Waals surface area contributed by atoms with Crippen LogP contribution >= 0.6 is 0 Å². The standard InChI is InChI=1S/C10H20N2O3/c1-3-10(11,4-2)7-14-6-8-5-12-9(13)15-8/h8H,3-7,11H2,1-2H3,(H,12,13). The fourth-order valence-corrected chi connectivity index (χ4v) is 1.37. The largest absolute Gasteiger partial charge is 0.442 e. The maximum atomic E-state index is 10.7. The second-order valence-corrected chi connectivity index (χ2v) is 3.99. The molecule has 3 N–H and O–H groups in total. The molecule has 0 saturated carbocycles. The lowest BCUT2D eigenvalue weighted by atomic mass is 9.96. The van der Waals surface area contributed by atoms with Gasteiger partial charge in [0.2, 0.25) is 0 Å². The van der Waals surface area contributed by atoms with E-state index < -0.39 is 0 Å². The molecule has 15 heavy (non-hydrogen) atoms. The average Bonchev–Trinajstić information content (AvgIpc) is 2.64. The smallest absolute Gasteiger partial charge is 0.407 e. The van der Waals surface area contributed by atoms with E-state index in [4.69, 9.17) is 15.2 Å². The molecule has 0 spiro atoms. The minimum absolute atomic E-state index is 0.171. The van der Waals surface area contributed by atoms with Crippen LogP contribution in [0.15, 0.2) is 0 Å². The van der Waals surface area contributed by atoms with Crippen molar-refractivity contribution in [3.05, 3.63) is 0 Å². The van der Waals surface area contributed by atoms with Crippen molar-refractivity contribution in [2.75, 3.05) is 19.8 Å². The molecule has 1 rings (SSSR count). The predicted molar refractivity (Wildman–Crippen MR) is 56.6 cm³/mol. The first-order valence-electron chi connectivity index (χ1n) is 5.40. The highest BCUT2D eigenvalue weighted by Crippen LogP contribution is 2.12. The summed E-state index contributed by atoms with van der Waals surface area (Å²) in [5, 5.41) is 2.57. The summed E-state index contributed by atoms with van der Waals surface area (Å²) in [6, 6.07) is 0. The predicted octanol–water partition coefficient (Wildman–Crippen LogP) is 0.629. The lowest BCUT2D eigenvalue weighted by Crippen LogP contribution is -2.44. The molecule has 0 aromatic carbocycles. The zero-order valence-electron chi connectivity index (χ0n) is 9.41. The number of carbonyl (C=O) groups is 1. The van der Waals surface area contributed by atoms with Crippen molar-refractivity contribution in [2.24, 2.45) is 5.73 Å². The van der Waals surface area contributed by atoms with Gasteiger partial charge in [0.15, 0.2) is 0 Å². The normalized spacial score (nSPS) is 21.3. The first-order chi connectivity index (χ1) is 7.09. The van der Waals surface area contributed by atoms with Crippen molar-refractivity contribution in [2.45, 2.75) is 38.3 Å². The highest BCUT2D eigenvalue weighted by Gasteiger charge is 2.25. The van der Waals surface area contributed by atoms with Gasteiger partial charge in [0.1, 0.15) is 6.10 Å². The molecule has 0 aliphatic carbocycles. The summed E-state index contributed by atoms with van der Waals surface area (Å²) >= 11 is 0. The van der Waals surface area contributed by atoms with E-state index in [1.54, 1.807) is 0 Å². The van der Waals surface area contributed by atoms with Crippen molar-refractivity contribution in [1.29, 1.82) is 0 Å². The Labute approximate surface area is 90.3 Å². The van der Waals surface area contributed by atoms with Gasteiger partial charge >= 0.3 is 6.09 Å². The molecular formula is C10H20N2O3. The fraction of sp³-hybridized carbons (Fsp3) is 0.900. The lowest BCUT2D eigenvalue weighted by Gasteiger charge is -2.26. The summed E-state index contributed by atoms with van der Waals surface area (Å²) in [5.41, 5.74) is 5.81. The molecule has 1 heterocycles. The molecule has 88 valence electrons. The van der Waals surface area contributed by atoms with Crippen molar-refractivity contribution >= 4 is 6.09 Å². The minimum Gasteiger partial charge on any atom is -0.442 e. The Morgan fingerprint density at radius 3 is 2.73 bits per heavy atom. The van der Waals surface area contributed by atoms with Gasteiger partial charge in [-0.25, -0.2) is 4.79 Å². The Hall–Kier alpha value is -0.810. The number of hydrogen-bond donors (Lipinski definition) is 2. The van der Waals surface area contributed by atoms with Crippen molar-refractivity contribution in [1.82, 2.24) is 5.32 Å². The quantitative estimate of drug-likeness (QED) is 0.683. The van der Waals surface area contributed by atoms with E-state index in [2.05, 4.69) is 5.32 Å². The summed E-state index contributed by atoms with van der Waals surface area (Å²) in [5.74, 6) is 0. The highest BCUT2D eigenvalue weighted by atomic mass is 16.6. The van der Waals surface area contributed by atoms with Crippen LogP contribution in [0.3, 0.4) is 0 Å². The van der Waals surface area contributed by atoms with Crippen molar-refractivity contribution in [3.8, 4) is 0 Å². The Kier molecular flexibility index (Phi) is 4.35. The molecule has 0 bridgehead atoms. The van der Waals surface area contributed by atoms with Gasteiger partial charge in [-0.05, 0) is 12.8 Å². The van der Waals surface area contributed by atoms with E-state index in [1.165, 1.54) is 0 Å². The third-order valence-electron chi connectivity index (χ3n) is 2.85. The minimum atomic E-state index is -0.367. The Morgan fingerprint density at radius 2 is 2.27 bits per heavy atom. The summed E-state index contributed by atoms with van der Waals surface area (Å²) in [6.45, 7) is 5.54. The highest BCUT2D eigenvalue weighted by molar-refractivity contribution is 5.69. The lowest BCUT2D eigenvalue weighted by molar-refractivity contribution is 0.0218. The number of cyclic esters (lactones) is 1. The van der Waals surface area contributed by atoms with Gasteiger partial charge in [0, 0.05) is 5.54 Å². The molecular weight excluding hydrogens is 196 g/mol. The zero-order valence-corrected chi connectivity index (χ0v) is 9.41. The molecule has 0 aromatic rings. The van der Waals surface area contributed by atoms with Crippen LogP contribution in [0.4, 0.5) is 4.79 Å². The molecule has 1 aliphatic rings. The number of ether oxygens (including phenoxy) is 2. The van der Waals surface area contributed by atoms with Crippen LogP contribution in [-0.2, 0) is 9.47 Å². The molecule has 1 aliphatic heterocycles. The maximum absolute atomic E-state index is 10.7. The molecule has 1 unspecified atom stereocenters. The third kappa shape index (κ3) is 3.68. The summed E-state index contributed by atoms with van der Waals surface area (Å²) in [6.07, 6.45) is 1.22. The molecule has 1 fully saturated rings. The molecule has 0 radical (unpaired) electrons. The third-order valence-corrected chi connectivity index (χ3v) is 2.85. The Bertz CT molecular complexity index is 217. The van der Waals surface area contributed by atoms with Crippen LogP contribution in [0, 0.1) is 0 Å². The first-order valence-corrected chi connectivity index (χ1v) is 5.40. The summed E-state index contributed by atoms with van der Waals surface area (Å²) < 4.78 is 10.4. The number of nitrogens with two attached hydrogens (primary N) is 1. The monoisotopic (exact) mass is 216 g/mol. The second kappa shape index (κ2) is 5.32. The molecule has 0 aromatic heterocycles. The Balaban J connectivity index is 2.18. The van der Waals surface area contributed by atoms with Crippen molar-refractivity contribution in [3.63, 3.8) is 0 Å². The van der Waals surface area contributed by atoms with Gasteiger partial charge < -0.3 is 20.5 Å². The molecule has 5 heteroatoms. The van der Waals surface area contributed by atoms with Crippen LogP contribution in [0.1, 0.15) is 26.7 Å². The van der Waals surface area contributed by atoms with E-state index in [0.717, 1.165) is 12.8 Å². The van der Waals surface area contributed by atoms with Crippen LogP contribution < -0.4 is 11.1 Å². The topological polar surface area (TPSA) is 73.6 Å². The average molecular weight is 216 g/mol. The van der Waals surface area contributed by atoms with Gasteiger partial charge in [-0.2, -0.15) is 0 Å². The molecule has 5 nitrogen and oxygen atoms in total. The van der Waals surface area contributed by atoms with Gasteiger partial charge in [0.05, 0.1) is 19.8 Å².